The highest BCUT2D eigenvalue weighted by Crippen LogP contribution is 2.42. The average Bonchev–Trinajstić information content (AvgIpc) is 2.72. The number of aryl methyl sites for hydroxylation is 1. The Morgan fingerprint density at radius 3 is 2.38 bits per heavy atom. The molecule has 0 bridgehead atoms. The largest absolute Gasteiger partial charge is 0.463 e. The van der Waals surface area contributed by atoms with Gasteiger partial charge >= 0.3 is 11.9 Å². The third-order valence-electron chi connectivity index (χ3n) is 3.29. The van der Waals surface area contributed by atoms with Crippen molar-refractivity contribution < 1.29 is 24.2 Å². The van der Waals surface area contributed by atoms with E-state index in [-0.39, 0.29) is 24.4 Å². The second kappa shape index (κ2) is 6.10. The van der Waals surface area contributed by atoms with Crippen LogP contribution >= 0.6 is 0 Å². The molecule has 0 amide bonds. The molecule has 1 unspecified atom stereocenters. The number of hydrogen-bond donors (Lipinski definition) is 1. The van der Waals surface area contributed by atoms with Crippen LogP contribution in [0.1, 0.15) is 36.6 Å². The lowest BCUT2D eigenvalue weighted by Gasteiger charge is -2.09. The van der Waals surface area contributed by atoms with E-state index in [2.05, 4.69) is 0 Å². The Kier molecular flexibility index (Phi) is 4.43. The Bertz CT molecular complexity index is 615. The summed E-state index contributed by atoms with van der Waals surface area (Å²) in [5.41, 5.74) is 2.03. The fraction of sp³-hybridized carbons (Fsp3) is 0.375. The highest BCUT2D eigenvalue weighted by atomic mass is 16.5. The van der Waals surface area contributed by atoms with Gasteiger partial charge in [-0.2, -0.15) is 0 Å². The van der Waals surface area contributed by atoms with Crippen LogP contribution in [0.25, 0.3) is 5.57 Å². The molecule has 0 heterocycles. The summed E-state index contributed by atoms with van der Waals surface area (Å²) >= 11 is 0. The quantitative estimate of drug-likeness (QED) is 0.858. The van der Waals surface area contributed by atoms with Gasteiger partial charge in [-0.1, -0.05) is 23.8 Å². The smallest absolute Gasteiger partial charge is 0.339 e. The van der Waals surface area contributed by atoms with Crippen LogP contribution in [0.15, 0.2) is 23.8 Å². The number of benzene rings is 1. The van der Waals surface area contributed by atoms with Gasteiger partial charge in [0.2, 0.25) is 0 Å². The Balaban J connectivity index is 2.59. The van der Waals surface area contributed by atoms with Gasteiger partial charge in [0.25, 0.3) is 0 Å². The number of ether oxygens (including phenoxy) is 2. The fourth-order valence-corrected chi connectivity index (χ4v) is 2.41. The maximum atomic E-state index is 12.2. The van der Waals surface area contributed by atoms with Crippen LogP contribution in [0.5, 0.6) is 0 Å². The first kappa shape index (κ1) is 15.3. The third kappa shape index (κ3) is 2.69. The molecule has 21 heavy (non-hydrogen) atoms. The average molecular weight is 290 g/mol. The van der Waals surface area contributed by atoms with Gasteiger partial charge in [0.1, 0.15) is 6.10 Å². The van der Waals surface area contributed by atoms with Crippen LogP contribution in [0.4, 0.5) is 0 Å². The van der Waals surface area contributed by atoms with E-state index >= 15 is 0 Å². The van der Waals surface area contributed by atoms with E-state index < -0.39 is 18.0 Å². The van der Waals surface area contributed by atoms with Gasteiger partial charge in [-0.05, 0) is 31.9 Å². The van der Waals surface area contributed by atoms with Crippen LogP contribution in [-0.4, -0.2) is 30.3 Å². The molecule has 1 aromatic carbocycles. The van der Waals surface area contributed by atoms with E-state index in [9.17, 15) is 14.7 Å². The van der Waals surface area contributed by atoms with E-state index in [0.29, 0.717) is 11.1 Å². The van der Waals surface area contributed by atoms with E-state index in [1.54, 1.807) is 26.0 Å². The number of carbonyl (C=O) groups excluding carboxylic acids is 2. The number of fused-ring (bicyclic) bond motifs is 1. The highest BCUT2D eigenvalue weighted by molar-refractivity contribution is 6.25. The summed E-state index contributed by atoms with van der Waals surface area (Å²) < 4.78 is 9.97. The minimum atomic E-state index is -1.17. The standard InChI is InChI=1S/C16H18O5/c1-4-20-15(18)12-11-8-9(3)6-7-10(11)14(17)13(12)16(19)21-5-2/h6-8,14,17H,4-5H2,1-3H3. The summed E-state index contributed by atoms with van der Waals surface area (Å²) in [7, 11) is 0. The van der Waals surface area contributed by atoms with Gasteiger partial charge < -0.3 is 14.6 Å². The van der Waals surface area contributed by atoms with Crippen LogP contribution in [0, 0.1) is 6.92 Å². The lowest BCUT2D eigenvalue weighted by atomic mass is 10.0. The molecule has 1 aliphatic carbocycles. The van der Waals surface area contributed by atoms with Gasteiger partial charge in [-0.15, -0.1) is 0 Å². The molecule has 0 aliphatic heterocycles. The van der Waals surface area contributed by atoms with E-state index in [1.807, 2.05) is 13.0 Å². The summed E-state index contributed by atoms with van der Waals surface area (Å²) in [5, 5.41) is 10.4. The molecule has 5 heteroatoms. The number of aliphatic hydroxyl groups excluding tert-OH is 1. The van der Waals surface area contributed by atoms with Crippen LogP contribution in [0.2, 0.25) is 0 Å². The van der Waals surface area contributed by atoms with Crippen molar-refractivity contribution in [2.45, 2.75) is 26.9 Å². The van der Waals surface area contributed by atoms with Crippen molar-refractivity contribution in [3.8, 4) is 0 Å². The molecule has 1 N–H and O–H groups in total. The Hall–Kier alpha value is -2.14. The number of carbonyl (C=O) groups is 2. The summed E-state index contributed by atoms with van der Waals surface area (Å²) in [6.45, 7) is 5.58. The molecule has 0 aromatic heterocycles. The normalized spacial score (nSPS) is 16.7. The molecule has 2 rings (SSSR count). The first-order valence-corrected chi connectivity index (χ1v) is 6.88. The molecule has 0 fully saturated rings. The molecule has 112 valence electrons. The lowest BCUT2D eigenvalue weighted by Crippen LogP contribution is -2.15. The second-order valence-corrected chi connectivity index (χ2v) is 4.72. The number of aliphatic hydroxyl groups is 1. The molecule has 1 aliphatic rings. The second-order valence-electron chi connectivity index (χ2n) is 4.72. The van der Waals surface area contributed by atoms with E-state index in [1.165, 1.54) is 0 Å². The Labute approximate surface area is 123 Å². The molecule has 0 radical (unpaired) electrons. The Morgan fingerprint density at radius 2 is 1.76 bits per heavy atom. The van der Waals surface area contributed by atoms with Crippen molar-refractivity contribution in [2.75, 3.05) is 13.2 Å². The maximum Gasteiger partial charge on any atom is 0.339 e. The predicted octanol–water partition coefficient (Wildman–Crippen LogP) is 1.92. The van der Waals surface area contributed by atoms with Crippen LogP contribution < -0.4 is 0 Å². The monoisotopic (exact) mass is 290 g/mol. The summed E-state index contributed by atoms with van der Waals surface area (Å²) in [5.74, 6) is -1.31. The van der Waals surface area contributed by atoms with Crippen molar-refractivity contribution in [2.24, 2.45) is 0 Å². The Morgan fingerprint density at radius 1 is 1.14 bits per heavy atom. The topological polar surface area (TPSA) is 72.8 Å². The van der Waals surface area contributed by atoms with Gasteiger partial charge in [-0.3, -0.25) is 0 Å². The van der Waals surface area contributed by atoms with Crippen molar-refractivity contribution in [1.29, 1.82) is 0 Å². The number of rotatable bonds is 4. The number of hydrogen-bond acceptors (Lipinski definition) is 5. The molecule has 0 saturated heterocycles. The predicted molar refractivity (Wildman–Crippen MR) is 76.3 cm³/mol. The zero-order valence-electron chi connectivity index (χ0n) is 12.3. The highest BCUT2D eigenvalue weighted by Gasteiger charge is 2.38. The molecule has 5 nitrogen and oxygen atoms in total. The SMILES string of the molecule is CCOC(=O)C1=C(C(=O)OCC)C(O)c2ccc(C)cc21. The van der Waals surface area contributed by atoms with Gasteiger partial charge in [0, 0.05) is 0 Å². The summed E-state index contributed by atoms with van der Waals surface area (Å²) in [6.07, 6.45) is -1.17. The zero-order chi connectivity index (χ0) is 15.6. The molecule has 0 spiro atoms. The van der Waals surface area contributed by atoms with E-state index in [4.69, 9.17) is 9.47 Å². The minimum Gasteiger partial charge on any atom is -0.463 e. The van der Waals surface area contributed by atoms with Crippen molar-refractivity contribution >= 4 is 17.5 Å². The maximum absolute atomic E-state index is 12.2. The summed E-state index contributed by atoms with van der Waals surface area (Å²) in [4.78, 5) is 24.3. The molecular weight excluding hydrogens is 272 g/mol. The lowest BCUT2D eigenvalue weighted by molar-refractivity contribution is -0.141. The first-order chi connectivity index (χ1) is 10.0. The molecule has 1 aromatic rings. The van der Waals surface area contributed by atoms with Crippen molar-refractivity contribution in [1.82, 2.24) is 0 Å². The van der Waals surface area contributed by atoms with Gasteiger partial charge in [-0.25, -0.2) is 9.59 Å². The van der Waals surface area contributed by atoms with Crippen molar-refractivity contribution in [3.63, 3.8) is 0 Å². The molecule has 0 saturated carbocycles. The first-order valence-electron chi connectivity index (χ1n) is 6.88. The fourth-order valence-electron chi connectivity index (χ4n) is 2.41. The van der Waals surface area contributed by atoms with Crippen LogP contribution in [-0.2, 0) is 19.1 Å². The minimum absolute atomic E-state index is 0.0455. The third-order valence-corrected chi connectivity index (χ3v) is 3.29. The van der Waals surface area contributed by atoms with Crippen LogP contribution in [0.3, 0.4) is 0 Å². The van der Waals surface area contributed by atoms with Gasteiger partial charge in [0.05, 0.1) is 24.4 Å². The van der Waals surface area contributed by atoms with E-state index in [0.717, 1.165) is 5.56 Å². The zero-order valence-corrected chi connectivity index (χ0v) is 12.3. The van der Waals surface area contributed by atoms with Crippen molar-refractivity contribution in [3.05, 3.63) is 40.5 Å². The molecule has 1 atom stereocenters. The summed E-state index contributed by atoms with van der Waals surface area (Å²) in [6, 6.07) is 5.29. The molecular formula is C16H18O5. The number of esters is 2. The van der Waals surface area contributed by atoms with Gasteiger partial charge in [0.15, 0.2) is 0 Å².